The van der Waals surface area contributed by atoms with Crippen LogP contribution in [0.25, 0.3) is 0 Å². The van der Waals surface area contributed by atoms with Crippen LogP contribution >= 0.6 is 0 Å². The van der Waals surface area contributed by atoms with Crippen LogP contribution in [-0.4, -0.2) is 50.8 Å². The Morgan fingerprint density at radius 2 is 1.94 bits per heavy atom. The Hall–Kier alpha value is -0.120. The SMILES string of the molecule is CNCCC1CCN(C(C)C(C)OC)CC1. The van der Waals surface area contributed by atoms with Gasteiger partial charge in [0.15, 0.2) is 0 Å². The molecule has 3 nitrogen and oxygen atoms in total. The van der Waals surface area contributed by atoms with Crippen LogP contribution in [0.2, 0.25) is 0 Å². The van der Waals surface area contributed by atoms with Crippen molar-refractivity contribution in [2.75, 3.05) is 33.8 Å². The summed E-state index contributed by atoms with van der Waals surface area (Å²) in [7, 11) is 3.85. The summed E-state index contributed by atoms with van der Waals surface area (Å²) in [5.74, 6) is 0.925. The molecule has 0 aromatic rings. The van der Waals surface area contributed by atoms with Gasteiger partial charge in [-0.2, -0.15) is 0 Å². The molecule has 1 aliphatic rings. The largest absolute Gasteiger partial charge is 0.380 e. The third kappa shape index (κ3) is 4.04. The molecule has 1 saturated heterocycles. The van der Waals surface area contributed by atoms with E-state index in [0.29, 0.717) is 12.1 Å². The number of hydrogen-bond donors (Lipinski definition) is 1. The molecule has 0 aromatic heterocycles. The average molecular weight is 228 g/mol. The number of piperidine rings is 1. The maximum absolute atomic E-state index is 5.41. The summed E-state index contributed by atoms with van der Waals surface area (Å²) in [6.45, 7) is 8.08. The van der Waals surface area contributed by atoms with Gasteiger partial charge < -0.3 is 10.1 Å². The monoisotopic (exact) mass is 228 g/mol. The van der Waals surface area contributed by atoms with Crippen LogP contribution in [0.3, 0.4) is 0 Å². The predicted octanol–water partition coefficient (Wildman–Crippen LogP) is 1.73. The van der Waals surface area contributed by atoms with Gasteiger partial charge in [0.05, 0.1) is 6.10 Å². The number of nitrogens with one attached hydrogen (secondary N) is 1. The Bertz CT molecular complexity index is 179. The van der Waals surface area contributed by atoms with Crippen molar-refractivity contribution in [1.82, 2.24) is 10.2 Å². The summed E-state index contributed by atoms with van der Waals surface area (Å²) in [6.07, 6.45) is 4.37. The number of methoxy groups -OCH3 is 1. The van der Waals surface area contributed by atoms with Crippen molar-refractivity contribution in [3.63, 3.8) is 0 Å². The molecule has 0 spiro atoms. The Morgan fingerprint density at radius 3 is 2.44 bits per heavy atom. The fraction of sp³-hybridized carbons (Fsp3) is 1.00. The first-order valence-corrected chi connectivity index (χ1v) is 6.60. The topological polar surface area (TPSA) is 24.5 Å². The summed E-state index contributed by atoms with van der Waals surface area (Å²) >= 11 is 0. The molecule has 0 amide bonds. The third-order valence-electron chi connectivity index (χ3n) is 4.08. The first-order chi connectivity index (χ1) is 7.69. The van der Waals surface area contributed by atoms with Crippen LogP contribution in [0, 0.1) is 5.92 Å². The lowest BCUT2D eigenvalue weighted by Crippen LogP contribution is -2.45. The maximum atomic E-state index is 5.41. The molecule has 3 heteroatoms. The number of nitrogens with zero attached hydrogens (tertiary/aromatic N) is 1. The summed E-state index contributed by atoms with van der Waals surface area (Å²) in [5.41, 5.74) is 0. The van der Waals surface area contributed by atoms with E-state index < -0.39 is 0 Å². The van der Waals surface area contributed by atoms with Gasteiger partial charge in [-0.1, -0.05) is 0 Å². The molecule has 0 aliphatic carbocycles. The van der Waals surface area contributed by atoms with Crippen LogP contribution in [0.1, 0.15) is 33.1 Å². The van der Waals surface area contributed by atoms with Crippen LogP contribution in [0.4, 0.5) is 0 Å². The second-order valence-electron chi connectivity index (χ2n) is 5.05. The molecule has 0 aromatic carbocycles. The first kappa shape index (κ1) is 13.9. The van der Waals surface area contributed by atoms with Crippen molar-refractivity contribution in [2.24, 2.45) is 5.92 Å². The van der Waals surface area contributed by atoms with Crippen LogP contribution in [0.15, 0.2) is 0 Å². The quantitative estimate of drug-likeness (QED) is 0.749. The molecule has 1 aliphatic heterocycles. The molecular weight excluding hydrogens is 200 g/mol. The van der Waals surface area contributed by atoms with Crippen molar-refractivity contribution in [3.8, 4) is 0 Å². The fourth-order valence-electron chi connectivity index (χ4n) is 2.49. The molecule has 1 heterocycles. The highest BCUT2D eigenvalue weighted by molar-refractivity contribution is 4.79. The zero-order valence-corrected chi connectivity index (χ0v) is 11.3. The Morgan fingerprint density at radius 1 is 1.31 bits per heavy atom. The minimum atomic E-state index is 0.342. The standard InChI is InChI=1S/C13H28N2O/c1-11(12(2)16-4)15-9-6-13(7-10-15)5-8-14-3/h11-14H,5-10H2,1-4H3. The molecule has 1 N–H and O–H groups in total. The smallest absolute Gasteiger partial charge is 0.0695 e. The fourth-order valence-corrected chi connectivity index (χ4v) is 2.49. The van der Waals surface area contributed by atoms with Gasteiger partial charge in [-0.15, -0.1) is 0 Å². The summed E-state index contributed by atoms with van der Waals surface area (Å²) < 4.78 is 5.41. The van der Waals surface area contributed by atoms with E-state index in [-0.39, 0.29) is 0 Å². The Kier molecular flexibility index (Phi) is 6.32. The number of rotatable bonds is 6. The lowest BCUT2D eigenvalue weighted by Gasteiger charge is -2.38. The maximum Gasteiger partial charge on any atom is 0.0695 e. The van der Waals surface area contributed by atoms with E-state index >= 15 is 0 Å². The molecule has 2 unspecified atom stereocenters. The lowest BCUT2D eigenvalue weighted by atomic mass is 9.92. The van der Waals surface area contributed by atoms with E-state index in [1.165, 1.54) is 32.4 Å². The van der Waals surface area contributed by atoms with Gasteiger partial charge in [-0.25, -0.2) is 0 Å². The highest BCUT2D eigenvalue weighted by atomic mass is 16.5. The molecule has 0 bridgehead atoms. The van der Waals surface area contributed by atoms with Gasteiger partial charge in [0, 0.05) is 13.2 Å². The number of ether oxygens (including phenoxy) is 1. The molecule has 2 atom stereocenters. The van der Waals surface area contributed by atoms with Crippen molar-refractivity contribution in [3.05, 3.63) is 0 Å². The van der Waals surface area contributed by atoms with E-state index in [0.717, 1.165) is 12.5 Å². The van der Waals surface area contributed by atoms with E-state index in [1.807, 2.05) is 7.05 Å². The van der Waals surface area contributed by atoms with Crippen LogP contribution in [0.5, 0.6) is 0 Å². The van der Waals surface area contributed by atoms with Crippen molar-refractivity contribution in [2.45, 2.75) is 45.3 Å². The minimum absolute atomic E-state index is 0.342. The number of likely N-dealkylation sites (tertiary alicyclic amines) is 1. The molecule has 1 rings (SSSR count). The Balaban J connectivity index is 2.25. The summed E-state index contributed by atoms with van der Waals surface area (Å²) in [4.78, 5) is 2.57. The molecule has 96 valence electrons. The zero-order valence-electron chi connectivity index (χ0n) is 11.3. The lowest BCUT2D eigenvalue weighted by molar-refractivity contribution is 0.0181. The van der Waals surface area contributed by atoms with Crippen molar-refractivity contribution in [1.29, 1.82) is 0 Å². The average Bonchev–Trinajstić information content (AvgIpc) is 2.35. The van der Waals surface area contributed by atoms with E-state index in [4.69, 9.17) is 4.74 Å². The molecule has 0 radical (unpaired) electrons. The molecule has 0 saturated carbocycles. The van der Waals surface area contributed by atoms with E-state index in [1.54, 1.807) is 7.11 Å². The van der Waals surface area contributed by atoms with Gasteiger partial charge >= 0.3 is 0 Å². The molecular formula is C13H28N2O. The van der Waals surface area contributed by atoms with E-state index in [2.05, 4.69) is 24.1 Å². The number of hydrogen-bond acceptors (Lipinski definition) is 3. The summed E-state index contributed by atoms with van der Waals surface area (Å²) in [5, 5.41) is 3.24. The normalized spacial score (nSPS) is 23.2. The van der Waals surface area contributed by atoms with Gasteiger partial charge in [-0.3, -0.25) is 4.90 Å². The summed E-state index contributed by atoms with van der Waals surface area (Å²) in [6, 6.07) is 0.551. The predicted molar refractivity (Wildman–Crippen MR) is 68.8 cm³/mol. The second kappa shape index (κ2) is 7.25. The van der Waals surface area contributed by atoms with E-state index in [9.17, 15) is 0 Å². The second-order valence-corrected chi connectivity index (χ2v) is 5.05. The Labute approximate surface area is 101 Å². The van der Waals surface area contributed by atoms with Gasteiger partial charge in [-0.05, 0) is 65.7 Å². The zero-order chi connectivity index (χ0) is 12.0. The first-order valence-electron chi connectivity index (χ1n) is 6.60. The van der Waals surface area contributed by atoms with Crippen LogP contribution < -0.4 is 5.32 Å². The van der Waals surface area contributed by atoms with Gasteiger partial charge in [0.2, 0.25) is 0 Å². The molecule has 16 heavy (non-hydrogen) atoms. The van der Waals surface area contributed by atoms with Crippen LogP contribution in [-0.2, 0) is 4.74 Å². The van der Waals surface area contributed by atoms with Crippen molar-refractivity contribution >= 4 is 0 Å². The molecule has 1 fully saturated rings. The minimum Gasteiger partial charge on any atom is -0.380 e. The van der Waals surface area contributed by atoms with Crippen molar-refractivity contribution < 1.29 is 4.74 Å². The van der Waals surface area contributed by atoms with Gasteiger partial charge in [0.25, 0.3) is 0 Å². The highest BCUT2D eigenvalue weighted by Crippen LogP contribution is 2.22. The van der Waals surface area contributed by atoms with Gasteiger partial charge in [0.1, 0.15) is 0 Å². The third-order valence-corrected chi connectivity index (χ3v) is 4.08. The highest BCUT2D eigenvalue weighted by Gasteiger charge is 2.25.